The molecule has 0 saturated heterocycles. The first-order valence-corrected chi connectivity index (χ1v) is 9.94. The molecule has 0 aliphatic heterocycles. The van der Waals surface area contributed by atoms with Crippen molar-refractivity contribution in [1.29, 1.82) is 5.26 Å². The second-order valence-electron chi connectivity index (χ2n) is 6.91. The number of hydrogen-bond donors (Lipinski definition) is 0. The summed E-state index contributed by atoms with van der Waals surface area (Å²) in [5, 5.41) is 10.8. The molecule has 0 bridgehead atoms. The minimum atomic E-state index is 0.911. The van der Waals surface area contributed by atoms with E-state index in [2.05, 4.69) is 26.4 Å². The van der Waals surface area contributed by atoms with Crippen LogP contribution in [0.1, 0.15) is 84.0 Å². The molecule has 3 heteroatoms. The van der Waals surface area contributed by atoms with E-state index in [-0.39, 0.29) is 0 Å². The summed E-state index contributed by atoms with van der Waals surface area (Å²) in [5.74, 6) is 0.911. The summed E-state index contributed by atoms with van der Waals surface area (Å²) in [5.41, 5.74) is 0. The van der Waals surface area contributed by atoms with Gasteiger partial charge in [0.1, 0.15) is 11.3 Å². The minimum Gasteiger partial charge on any atom is -0.319 e. The highest BCUT2D eigenvalue weighted by Gasteiger charge is 2.13. The largest absolute Gasteiger partial charge is 0.319 e. The average Bonchev–Trinajstić information content (AvgIpc) is 2.46. The SMILES string of the molecule is CCCCCCCCCCCCCC[N+](C)(C)CSC#N. The van der Waals surface area contributed by atoms with Crippen molar-refractivity contribution in [2.45, 2.75) is 84.0 Å². The molecule has 0 spiro atoms. The molecule has 0 aromatic rings. The van der Waals surface area contributed by atoms with Gasteiger partial charge in [-0.3, -0.25) is 0 Å². The van der Waals surface area contributed by atoms with Gasteiger partial charge in [0.15, 0.2) is 0 Å². The topological polar surface area (TPSA) is 23.8 Å². The summed E-state index contributed by atoms with van der Waals surface area (Å²) in [7, 11) is 4.45. The van der Waals surface area contributed by atoms with Gasteiger partial charge in [0.25, 0.3) is 0 Å². The fourth-order valence-corrected chi connectivity index (χ4v) is 3.19. The number of rotatable bonds is 15. The van der Waals surface area contributed by atoms with Crippen molar-refractivity contribution in [2.24, 2.45) is 0 Å². The van der Waals surface area contributed by atoms with Crippen LogP contribution in [0.3, 0.4) is 0 Å². The van der Waals surface area contributed by atoms with Crippen LogP contribution in [0, 0.1) is 10.7 Å². The monoisotopic (exact) mass is 313 g/mol. The lowest BCUT2D eigenvalue weighted by Crippen LogP contribution is -2.39. The number of thiocyanates is 1. The zero-order valence-corrected chi connectivity index (χ0v) is 15.5. The zero-order valence-electron chi connectivity index (χ0n) is 14.7. The van der Waals surface area contributed by atoms with E-state index in [0.717, 1.165) is 10.4 Å². The Labute approximate surface area is 137 Å². The maximum atomic E-state index is 8.61. The third-order valence-electron chi connectivity index (χ3n) is 4.10. The van der Waals surface area contributed by atoms with E-state index in [1.165, 1.54) is 95.4 Å². The van der Waals surface area contributed by atoms with Gasteiger partial charge in [0.05, 0.1) is 20.6 Å². The van der Waals surface area contributed by atoms with Crippen molar-refractivity contribution in [2.75, 3.05) is 26.5 Å². The number of hydrogen-bond acceptors (Lipinski definition) is 2. The maximum Gasteiger partial charge on any atom is 0.139 e. The first-order valence-electron chi connectivity index (χ1n) is 8.95. The summed E-state index contributed by atoms with van der Waals surface area (Å²) in [6.45, 7) is 3.48. The molecular weight excluding hydrogens is 276 g/mol. The van der Waals surface area contributed by atoms with E-state index in [1.54, 1.807) is 0 Å². The summed E-state index contributed by atoms with van der Waals surface area (Å²) in [6.07, 6.45) is 16.9. The fraction of sp³-hybridized carbons (Fsp3) is 0.944. The second kappa shape index (κ2) is 14.7. The molecule has 0 unspecified atom stereocenters. The van der Waals surface area contributed by atoms with E-state index in [4.69, 9.17) is 5.26 Å². The highest BCUT2D eigenvalue weighted by molar-refractivity contribution is 8.03. The molecule has 0 amide bonds. The van der Waals surface area contributed by atoms with Gasteiger partial charge in [-0.25, -0.2) is 0 Å². The Bertz CT molecular complexity index is 258. The van der Waals surface area contributed by atoms with Gasteiger partial charge in [0, 0.05) is 11.8 Å². The molecule has 0 N–H and O–H groups in total. The minimum absolute atomic E-state index is 0.911. The number of nitrogens with zero attached hydrogens (tertiary/aromatic N) is 2. The molecular formula is C18H37N2S+. The van der Waals surface area contributed by atoms with E-state index < -0.39 is 0 Å². The van der Waals surface area contributed by atoms with Gasteiger partial charge >= 0.3 is 0 Å². The number of nitriles is 1. The molecule has 0 atom stereocenters. The van der Waals surface area contributed by atoms with Gasteiger partial charge in [0.2, 0.25) is 0 Å². The molecule has 0 aromatic heterocycles. The van der Waals surface area contributed by atoms with Gasteiger partial charge < -0.3 is 4.48 Å². The fourth-order valence-electron chi connectivity index (χ4n) is 2.65. The van der Waals surface area contributed by atoms with Gasteiger partial charge in [-0.2, -0.15) is 5.26 Å². The zero-order chi connectivity index (χ0) is 15.8. The lowest BCUT2D eigenvalue weighted by Gasteiger charge is -2.28. The first-order chi connectivity index (χ1) is 10.1. The molecule has 0 fully saturated rings. The molecule has 21 heavy (non-hydrogen) atoms. The lowest BCUT2D eigenvalue weighted by atomic mass is 10.1. The van der Waals surface area contributed by atoms with Crippen LogP contribution in [0.25, 0.3) is 0 Å². The van der Waals surface area contributed by atoms with Crippen molar-refractivity contribution < 1.29 is 4.48 Å². The third kappa shape index (κ3) is 16.0. The molecule has 0 radical (unpaired) electrons. The lowest BCUT2D eigenvalue weighted by molar-refractivity contribution is -0.877. The third-order valence-corrected chi connectivity index (χ3v) is 5.05. The molecule has 0 saturated carbocycles. The van der Waals surface area contributed by atoms with Crippen molar-refractivity contribution in [3.8, 4) is 5.40 Å². The van der Waals surface area contributed by atoms with Crippen LogP contribution < -0.4 is 0 Å². The van der Waals surface area contributed by atoms with Gasteiger partial charge in [-0.1, -0.05) is 71.1 Å². The normalized spacial score (nSPS) is 11.5. The first kappa shape index (κ1) is 20.8. The van der Waals surface area contributed by atoms with E-state index in [1.807, 2.05) is 0 Å². The smallest absolute Gasteiger partial charge is 0.139 e. The van der Waals surface area contributed by atoms with E-state index in [9.17, 15) is 0 Å². The number of thioether (sulfide) groups is 1. The maximum absolute atomic E-state index is 8.61. The van der Waals surface area contributed by atoms with Crippen LogP contribution in [-0.4, -0.2) is 31.0 Å². The summed E-state index contributed by atoms with van der Waals surface area (Å²) >= 11 is 1.38. The van der Waals surface area contributed by atoms with E-state index >= 15 is 0 Å². The Morgan fingerprint density at radius 1 is 0.762 bits per heavy atom. The molecule has 0 aliphatic rings. The summed E-state index contributed by atoms with van der Waals surface area (Å²) in [6, 6.07) is 0. The van der Waals surface area contributed by atoms with Crippen LogP contribution in [0.4, 0.5) is 0 Å². The van der Waals surface area contributed by atoms with Crippen LogP contribution in [-0.2, 0) is 0 Å². The van der Waals surface area contributed by atoms with Gasteiger partial charge in [-0.05, 0) is 12.8 Å². The highest BCUT2D eigenvalue weighted by atomic mass is 32.2. The average molecular weight is 314 g/mol. The Kier molecular flexibility index (Phi) is 14.6. The van der Waals surface area contributed by atoms with Crippen LogP contribution in [0.2, 0.25) is 0 Å². The molecule has 0 aliphatic carbocycles. The number of unbranched alkanes of at least 4 members (excludes halogenated alkanes) is 11. The summed E-state index contributed by atoms with van der Waals surface area (Å²) < 4.78 is 0.968. The Hall–Kier alpha value is -0.200. The van der Waals surface area contributed by atoms with Crippen LogP contribution in [0.15, 0.2) is 0 Å². The predicted molar refractivity (Wildman–Crippen MR) is 96.1 cm³/mol. The predicted octanol–water partition coefficient (Wildman–Crippen LogP) is 5.94. The molecule has 0 rings (SSSR count). The molecule has 2 nitrogen and oxygen atoms in total. The van der Waals surface area contributed by atoms with E-state index in [0.29, 0.717) is 0 Å². The standard InChI is InChI=1S/C18H37N2S/c1-4-5-6-7-8-9-10-11-12-13-14-15-16-20(2,3)18-21-17-19/h4-16,18H2,1-3H3/q+1. The van der Waals surface area contributed by atoms with Crippen LogP contribution in [0.5, 0.6) is 0 Å². The van der Waals surface area contributed by atoms with Crippen molar-refractivity contribution in [3.05, 3.63) is 0 Å². The Balaban J connectivity index is 3.20. The molecule has 0 aromatic carbocycles. The molecule has 0 heterocycles. The van der Waals surface area contributed by atoms with Gasteiger partial charge in [-0.15, -0.1) is 0 Å². The van der Waals surface area contributed by atoms with Crippen molar-refractivity contribution in [3.63, 3.8) is 0 Å². The van der Waals surface area contributed by atoms with Crippen molar-refractivity contribution >= 4 is 11.8 Å². The summed E-state index contributed by atoms with van der Waals surface area (Å²) in [4.78, 5) is 0. The number of quaternary nitrogens is 1. The second-order valence-corrected chi connectivity index (χ2v) is 7.64. The van der Waals surface area contributed by atoms with Crippen molar-refractivity contribution in [1.82, 2.24) is 0 Å². The Morgan fingerprint density at radius 3 is 1.62 bits per heavy atom. The molecule has 124 valence electrons. The highest BCUT2D eigenvalue weighted by Crippen LogP contribution is 2.13. The Morgan fingerprint density at radius 2 is 1.19 bits per heavy atom. The quantitative estimate of drug-likeness (QED) is 0.162. The van der Waals surface area contributed by atoms with Crippen LogP contribution >= 0.6 is 11.8 Å².